The average molecular weight is 606 g/mol. The zero-order valence-corrected chi connectivity index (χ0v) is 26.6. The highest BCUT2D eigenvalue weighted by molar-refractivity contribution is 7.92. The number of methoxy groups -OCH3 is 1. The molecule has 0 aromatic heterocycles. The molecule has 0 bridgehead atoms. The average Bonchev–Trinajstić information content (AvgIpc) is 3.43. The van der Waals surface area contributed by atoms with Crippen molar-refractivity contribution in [1.29, 1.82) is 0 Å². The first-order valence-electron chi connectivity index (χ1n) is 14.9. The van der Waals surface area contributed by atoms with E-state index in [1.54, 1.807) is 37.4 Å². The molecule has 2 heterocycles. The van der Waals surface area contributed by atoms with Crippen LogP contribution >= 0.6 is 0 Å². The fraction of sp³-hybridized carbons (Fsp3) is 0.424. The van der Waals surface area contributed by atoms with E-state index in [-0.39, 0.29) is 10.8 Å². The van der Waals surface area contributed by atoms with E-state index in [1.807, 2.05) is 42.3 Å². The number of carbonyl (C=O) groups is 1. The van der Waals surface area contributed by atoms with Gasteiger partial charge in [-0.1, -0.05) is 18.2 Å². The first-order valence-corrected chi connectivity index (χ1v) is 16.3. The van der Waals surface area contributed by atoms with Crippen LogP contribution in [0.15, 0.2) is 65.6 Å². The number of sulfonamides is 1. The van der Waals surface area contributed by atoms with Gasteiger partial charge in [-0.3, -0.25) is 14.9 Å². The van der Waals surface area contributed by atoms with Crippen LogP contribution in [0.5, 0.6) is 5.75 Å². The first-order chi connectivity index (χ1) is 20.5. The molecule has 2 aliphatic heterocycles. The monoisotopic (exact) mass is 605 g/mol. The van der Waals surface area contributed by atoms with Crippen molar-refractivity contribution < 1.29 is 17.9 Å². The Morgan fingerprint density at radius 3 is 2.28 bits per heavy atom. The Hall–Kier alpha value is -3.44. The Balaban J connectivity index is 1.25. The summed E-state index contributed by atoms with van der Waals surface area (Å²) in [6, 6.07) is 18.5. The molecule has 1 unspecified atom stereocenters. The van der Waals surface area contributed by atoms with E-state index in [2.05, 4.69) is 41.1 Å². The van der Waals surface area contributed by atoms with E-state index in [0.29, 0.717) is 23.2 Å². The van der Waals surface area contributed by atoms with Crippen LogP contribution in [0.3, 0.4) is 0 Å². The van der Waals surface area contributed by atoms with Gasteiger partial charge in [-0.25, -0.2) is 13.4 Å². The van der Waals surface area contributed by atoms with E-state index in [1.165, 1.54) is 0 Å². The highest BCUT2D eigenvalue weighted by Crippen LogP contribution is 2.35. The number of benzene rings is 3. The third-order valence-corrected chi connectivity index (χ3v) is 10.1. The molecule has 3 aromatic rings. The zero-order chi connectivity index (χ0) is 30.7. The minimum Gasteiger partial charge on any atom is -0.496 e. The smallest absolute Gasteiger partial charge is 0.265 e. The van der Waals surface area contributed by atoms with Crippen LogP contribution < -0.4 is 14.9 Å². The van der Waals surface area contributed by atoms with Gasteiger partial charge in [0.05, 0.1) is 12.0 Å². The van der Waals surface area contributed by atoms with E-state index in [9.17, 15) is 13.2 Å². The van der Waals surface area contributed by atoms with Crippen molar-refractivity contribution in [3.63, 3.8) is 0 Å². The molecule has 10 heteroatoms. The number of hydrazine groups is 1. The SMILES string of the molecule is COc1ccc(NS(=O)(=O)c2ccc(-c3ccc(C(=O)NN4CCC(N(C)C)CC4)cc3C)cc2)cc1C1CCN(C)C1. The van der Waals surface area contributed by atoms with E-state index in [4.69, 9.17) is 4.74 Å². The number of carbonyl (C=O) groups excluding carboxylic acids is 1. The molecule has 2 aliphatic rings. The topological polar surface area (TPSA) is 94.2 Å². The van der Waals surface area contributed by atoms with Gasteiger partial charge >= 0.3 is 0 Å². The molecule has 0 spiro atoms. The van der Waals surface area contributed by atoms with Crippen molar-refractivity contribution in [2.24, 2.45) is 0 Å². The van der Waals surface area contributed by atoms with Gasteiger partial charge in [-0.2, -0.15) is 0 Å². The lowest BCUT2D eigenvalue weighted by molar-refractivity contribution is 0.0661. The van der Waals surface area contributed by atoms with Gasteiger partial charge in [0, 0.05) is 48.4 Å². The van der Waals surface area contributed by atoms with Crippen LogP contribution in [-0.2, 0) is 10.0 Å². The van der Waals surface area contributed by atoms with Crippen molar-refractivity contribution in [3.8, 4) is 16.9 Å². The Bertz CT molecular complexity index is 1550. The third kappa shape index (κ3) is 7.21. The minimum absolute atomic E-state index is 0.118. The van der Waals surface area contributed by atoms with Gasteiger partial charge in [0.15, 0.2) is 0 Å². The molecule has 5 rings (SSSR count). The lowest BCUT2D eigenvalue weighted by Gasteiger charge is -2.35. The molecule has 2 fully saturated rings. The fourth-order valence-corrected chi connectivity index (χ4v) is 7.21. The van der Waals surface area contributed by atoms with E-state index >= 15 is 0 Å². The Kier molecular flexibility index (Phi) is 9.41. The fourth-order valence-electron chi connectivity index (χ4n) is 6.16. The number of rotatable bonds is 9. The second kappa shape index (κ2) is 13.1. The number of amides is 1. The van der Waals surface area contributed by atoms with Gasteiger partial charge < -0.3 is 14.5 Å². The molecule has 0 aliphatic carbocycles. The molecule has 3 aromatic carbocycles. The predicted octanol–water partition coefficient (Wildman–Crippen LogP) is 4.56. The summed E-state index contributed by atoms with van der Waals surface area (Å²) in [4.78, 5) is 17.6. The maximum absolute atomic E-state index is 13.3. The van der Waals surface area contributed by atoms with E-state index < -0.39 is 10.0 Å². The summed E-state index contributed by atoms with van der Waals surface area (Å²) >= 11 is 0. The van der Waals surface area contributed by atoms with Gasteiger partial charge in [-0.05, 0) is 113 Å². The number of nitrogens with one attached hydrogen (secondary N) is 2. The number of anilines is 1. The summed E-state index contributed by atoms with van der Waals surface area (Å²) in [5, 5.41) is 2.00. The van der Waals surface area contributed by atoms with E-state index in [0.717, 1.165) is 73.4 Å². The summed E-state index contributed by atoms with van der Waals surface area (Å²) in [7, 11) is 4.13. The molecule has 1 amide bonds. The molecule has 43 heavy (non-hydrogen) atoms. The molecule has 0 radical (unpaired) electrons. The van der Waals surface area contributed by atoms with Crippen LogP contribution in [-0.4, -0.2) is 89.6 Å². The quantitative estimate of drug-likeness (QED) is 0.369. The Morgan fingerprint density at radius 1 is 0.953 bits per heavy atom. The van der Waals surface area contributed by atoms with Gasteiger partial charge in [0.2, 0.25) is 0 Å². The second-order valence-electron chi connectivity index (χ2n) is 12.0. The van der Waals surface area contributed by atoms with Crippen molar-refractivity contribution in [2.75, 3.05) is 59.2 Å². The van der Waals surface area contributed by atoms with Crippen molar-refractivity contribution >= 4 is 21.6 Å². The van der Waals surface area contributed by atoms with Crippen LogP contribution in [0.1, 0.15) is 46.7 Å². The lowest BCUT2D eigenvalue weighted by atomic mass is 9.97. The van der Waals surface area contributed by atoms with Crippen LogP contribution in [0.4, 0.5) is 5.69 Å². The number of hydrogen-bond donors (Lipinski definition) is 2. The number of nitrogens with zero attached hydrogens (tertiary/aromatic N) is 3. The summed E-state index contributed by atoms with van der Waals surface area (Å²) in [6.07, 6.45) is 3.04. The highest BCUT2D eigenvalue weighted by atomic mass is 32.2. The maximum Gasteiger partial charge on any atom is 0.265 e. The zero-order valence-electron chi connectivity index (χ0n) is 25.8. The number of likely N-dealkylation sites (N-methyl/N-ethyl adjacent to an activating group) is 1. The van der Waals surface area contributed by atoms with Crippen LogP contribution in [0, 0.1) is 6.92 Å². The third-order valence-electron chi connectivity index (χ3n) is 8.73. The standard InChI is InChI=1S/C33H43N5O4S/c1-23-20-25(33(39)34-38-18-15-28(16-19-38)36(2)3)8-12-30(23)24-6-10-29(11-7-24)43(40,41)35-27-9-13-32(42-5)31(21-27)26-14-17-37(4)22-26/h6-13,20-21,26,28,35H,14-19,22H2,1-5H3,(H,34,39). The number of piperidine rings is 1. The second-order valence-corrected chi connectivity index (χ2v) is 13.7. The number of likely N-dealkylation sites (tertiary alicyclic amines) is 1. The maximum atomic E-state index is 13.3. The molecule has 1 atom stereocenters. The molecule has 2 N–H and O–H groups in total. The normalized spacial score (nSPS) is 18.6. The van der Waals surface area contributed by atoms with Crippen LogP contribution in [0.2, 0.25) is 0 Å². The summed E-state index contributed by atoms with van der Waals surface area (Å²) < 4.78 is 34.9. The van der Waals surface area contributed by atoms with Crippen molar-refractivity contribution in [3.05, 3.63) is 77.4 Å². The molecule has 9 nitrogen and oxygen atoms in total. The lowest BCUT2D eigenvalue weighted by Crippen LogP contribution is -2.50. The minimum atomic E-state index is -3.79. The number of ether oxygens (including phenoxy) is 1. The molecular weight excluding hydrogens is 562 g/mol. The van der Waals surface area contributed by atoms with Gasteiger partial charge in [0.25, 0.3) is 15.9 Å². The van der Waals surface area contributed by atoms with Gasteiger partial charge in [0.1, 0.15) is 5.75 Å². The molecule has 230 valence electrons. The largest absolute Gasteiger partial charge is 0.496 e. The Labute approximate surface area is 255 Å². The predicted molar refractivity (Wildman–Crippen MR) is 171 cm³/mol. The van der Waals surface area contributed by atoms with Crippen molar-refractivity contribution in [1.82, 2.24) is 20.2 Å². The molecule has 0 saturated carbocycles. The number of aryl methyl sites for hydroxylation is 1. The number of hydrogen-bond acceptors (Lipinski definition) is 7. The van der Waals surface area contributed by atoms with Gasteiger partial charge in [-0.15, -0.1) is 0 Å². The van der Waals surface area contributed by atoms with Crippen LogP contribution in [0.25, 0.3) is 11.1 Å². The van der Waals surface area contributed by atoms with Crippen molar-refractivity contribution in [2.45, 2.75) is 43.0 Å². The highest BCUT2D eigenvalue weighted by Gasteiger charge is 2.25. The molecular formula is C33H43N5O4S. The first kappa shape index (κ1) is 31.0. The summed E-state index contributed by atoms with van der Waals surface area (Å²) in [5.74, 6) is 0.952. The Morgan fingerprint density at radius 2 is 1.67 bits per heavy atom. The molecule has 2 saturated heterocycles. The summed E-state index contributed by atoms with van der Waals surface area (Å²) in [5.41, 5.74) is 7.95. The summed E-state index contributed by atoms with van der Waals surface area (Å²) in [6.45, 7) is 5.53.